The third-order valence-corrected chi connectivity index (χ3v) is 2.60. The maximum atomic E-state index is 12.9. The lowest BCUT2D eigenvalue weighted by Crippen LogP contribution is -2.56. The monoisotopic (exact) mass is 407 g/mol. The SMILES string of the molecule is C.C[P+](=O)OCC(F)(F)C(F)(F)OCC(F)(F)C(F)(F)C(F)(F)F. The van der Waals surface area contributed by atoms with Crippen LogP contribution in [0.1, 0.15) is 7.43 Å². The van der Waals surface area contributed by atoms with E-state index >= 15 is 0 Å². The molecule has 1 atom stereocenters. The lowest BCUT2D eigenvalue weighted by Gasteiger charge is -2.30. The highest BCUT2D eigenvalue weighted by atomic mass is 31.1. The van der Waals surface area contributed by atoms with Crippen molar-refractivity contribution in [1.82, 2.24) is 0 Å². The van der Waals surface area contributed by atoms with Gasteiger partial charge in [-0.05, 0) is 4.57 Å². The Morgan fingerprint density at radius 1 is 0.792 bits per heavy atom. The van der Waals surface area contributed by atoms with Crippen LogP contribution in [0.2, 0.25) is 0 Å². The van der Waals surface area contributed by atoms with Crippen LogP contribution in [0.3, 0.4) is 0 Å². The molecule has 0 rings (SSSR count). The molecule has 146 valence electrons. The van der Waals surface area contributed by atoms with E-state index in [1.54, 1.807) is 0 Å². The summed E-state index contributed by atoms with van der Waals surface area (Å²) in [4.78, 5) is 0. The van der Waals surface area contributed by atoms with E-state index in [-0.39, 0.29) is 7.43 Å². The number of halogens is 11. The molecule has 0 aliphatic heterocycles. The summed E-state index contributed by atoms with van der Waals surface area (Å²) in [6.45, 7) is -5.00. The van der Waals surface area contributed by atoms with Gasteiger partial charge in [-0.25, -0.2) is 0 Å². The van der Waals surface area contributed by atoms with Gasteiger partial charge < -0.3 is 4.74 Å². The van der Waals surface area contributed by atoms with E-state index in [1.165, 1.54) is 0 Å². The highest BCUT2D eigenvalue weighted by molar-refractivity contribution is 7.38. The Balaban J connectivity index is 0. The van der Waals surface area contributed by atoms with Gasteiger partial charge >= 0.3 is 38.1 Å². The Hall–Kier alpha value is -0.750. The minimum absolute atomic E-state index is 0. The Morgan fingerprint density at radius 3 is 1.54 bits per heavy atom. The minimum atomic E-state index is -6.83. The Kier molecular flexibility index (Phi) is 8.12. The van der Waals surface area contributed by atoms with Crippen molar-refractivity contribution in [3.05, 3.63) is 0 Å². The van der Waals surface area contributed by atoms with Crippen molar-refractivity contribution in [2.45, 2.75) is 37.5 Å². The zero-order valence-corrected chi connectivity index (χ0v) is 11.6. The van der Waals surface area contributed by atoms with Crippen LogP contribution in [0.4, 0.5) is 48.3 Å². The predicted octanol–water partition coefficient (Wildman–Crippen LogP) is 5.09. The highest BCUT2D eigenvalue weighted by Gasteiger charge is 2.74. The van der Waals surface area contributed by atoms with Gasteiger partial charge in [0, 0.05) is 0 Å². The molecule has 0 aromatic rings. The van der Waals surface area contributed by atoms with Gasteiger partial charge in [0.1, 0.15) is 6.61 Å². The molecule has 0 aliphatic rings. The van der Waals surface area contributed by atoms with Crippen LogP contribution in [0, 0.1) is 0 Å². The van der Waals surface area contributed by atoms with Crippen molar-refractivity contribution in [3.63, 3.8) is 0 Å². The molecule has 24 heavy (non-hydrogen) atoms. The van der Waals surface area contributed by atoms with Gasteiger partial charge in [0.05, 0.1) is 0 Å². The summed E-state index contributed by atoms with van der Waals surface area (Å²) in [7, 11) is -2.81. The lowest BCUT2D eigenvalue weighted by molar-refractivity contribution is -0.399. The molecule has 0 spiro atoms. The smallest absolute Gasteiger partial charge is 0.309 e. The third-order valence-electron chi connectivity index (χ3n) is 2.10. The summed E-state index contributed by atoms with van der Waals surface area (Å²) in [6.07, 6.45) is -12.7. The molecule has 1 unspecified atom stereocenters. The van der Waals surface area contributed by atoms with Crippen molar-refractivity contribution < 1.29 is 62.1 Å². The number of alkyl halides is 11. The van der Waals surface area contributed by atoms with Crippen molar-refractivity contribution in [2.75, 3.05) is 19.9 Å². The van der Waals surface area contributed by atoms with E-state index in [2.05, 4.69) is 9.26 Å². The molecule has 0 heterocycles. The van der Waals surface area contributed by atoms with Crippen molar-refractivity contribution in [2.24, 2.45) is 0 Å². The first kappa shape index (κ1) is 25.5. The van der Waals surface area contributed by atoms with Crippen LogP contribution in [0.5, 0.6) is 0 Å². The molecule has 0 saturated carbocycles. The van der Waals surface area contributed by atoms with Crippen LogP contribution in [-0.4, -0.2) is 49.9 Å². The first-order valence-corrected chi connectivity index (χ1v) is 6.75. The number of hydrogen-bond donors (Lipinski definition) is 0. The topological polar surface area (TPSA) is 35.5 Å². The normalized spacial score (nSPS) is 15.1. The molecule has 0 N–H and O–H groups in total. The Labute approximate surface area is 129 Å². The molecule has 0 radical (unpaired) electrons. The van der Waals surface area contributed by atoms with Crippen LogP contribution < -0.4 is 0 Å². The maximum Gasteiger partial charge on any atom is 0.505 e. The first-order chi connectivity index (χ1) is 9.87. The van der Waals surface area contributed by atoms with E-state index in [0.29, 0.717) is 6.66 Å². The summed E-state index contributed by atoms with van der Waals surface area (Å²) >= 11 is 0. The molecule has 0 amide bonds. The van der Waals surface area contributed by atoms with Crippen LogP contribution in [0.25, 0.3) is 0 Å². The van der Waals surface area contributed by atoms with Gasteiger partial charge in [-0.2, -0.15) is 48.3 Å². The van der Waals surface area contributed by atoms with Gasteiger partial charge in [-0.3, -0.25) is 0 Å². The van der Waals surface area contributed by atoms with Gasteiger partial charge in [0.25, 0.3) is 0 Å². The highest BCUT2D eigenvalue weighted by Crippen LogP contribution is 2.48. The van der Waals surface area contributed by atoms with Crippen molar-refractivity contribution in [3.8, 4) is 0 Å². The molecule has 0 aliphatic carbocycles. The molecule has 0 fully saturated rings. The van der Waals surface area contributed by atoms with Crippen molar-refractivity contribution in [1.29, 1.82) is 0 Å². The second-order valence-electron chi connectivity index (χ2n) is 4.00. The average molecular weight is 407 g/mol. The predicted molar refractivity (Wildman–Crippen MR) is 58.0 cm³/mol. The molecule has 0 bridgehead atoms. The fourth-order valence-corrected chi connectivity index (χ4v) is 1.18. The summed E-state index contributed by atoms with van der Waals surface area (Å²) in [5.41, 5.74) is 0. The summed E-state index contributed by atoms with van der Waals surface area (Å²) in [6, 6.07) is 0. The second-order valence-corrected chi connectivity index (χ2v) is 5.14. The Morgan fingerprint density at radius 2 is 1.21 bits per heavy atom. The minimum Gasteiger partial charge on any atom is -0.309 e. The summed E-state index contributed by atoms with van der Waals surface area (Å²) in [5.74, 6) is -18.5. The summed E-state index contributed by atoms with van der Waals surface area (Å²) in [5, 5.41) is 0. The van der Waals surface area contributed by atoms with Crippen molar-refractivity contribution >= 4 is 8.03 Å². The molecule has 15 heteroatoms. The standard InChI is InChI=1S/C8H7F11O3P.CH4/c1-23(20)22-3-5(11,12)8(18,19)21-2-4(9,10)6(13,14)7(15,16)17;/h2-3H2,1H3;1H4/q+1;. The zero-order chi connectivity index (χ0) is 18.9. The fourth-order valence-electron chi connectivity index (χ4n) is 0.841. The van der Waals surface area contributed by atoms with Gasteiger partial charge in [-0.15, -0.1) is 4.52 Å². The Bertz CT molecular complexity index is 435. The van der Waals surface area contributed by atoms with Gasteiger partial charge in [0.2, 0.25) is 0 Å². The summed E-state index contributed by atoms with van der Waals surface area (Å²) < 4.78 is 153. The zero-order valence-electron chi connectivity index (χ0n) is 10.7. The van der Waals surface area contributed by atoms with Gasteiger partial charge in [0.15, 0.2) is 13.3 Å². The number of rotatable bonds is 8. The quantitative estimate of drug-likeness (QED) is 0.416. The average Bonchev–Trinajstić information content (AvgIpc) is 2.32. The lowest BCUT2D eigenvalue weighted by atomic mass is 10.2. The van der Waals surface area contributed by atoms with E-state index in [9.17, 15) is 52.9 Å². The van der Waals surface area contributed by atoms with E-state index < -0.39 is 51.3 Å². The molecular weight excluding hydrogens is 396 g/mol. The fraction of sp³-hybridized carbons (Fsp3) is 1.00. The first-order valence-electron chi connectivity index (χ1n) is 5.13. The molecule has 0 aromatic heterocycles. The van der Waals surface area contributed by atoms with Crippen LogP contribution in [-0.2, 0) is 13.8 Å². The molecule has 0 aromatic carbocycles. The van der Waals surface area contributed by atoms with Crippen LogP contribution >= 0.6 is 8.03 Å². The molecule has 3 nitrogen and oxygen atoms in total. The molecular formula is C9H11F11O3P+. The van der Waals surface area contributed by atoms with E-state index in [0.717, 1.165) is 0 Å². The maximum absolute atomic E-state index is 12.9. The van der Waals surface area contributed by atoms with Gasteiger partial charge in [-0.1, -0.05) is 7.43 Å². The molecule has 0 saturated heterocycles. The number of hydrogen-bond acceptors (Lipinski definition) is 3. The largest absolute Gasteiger partial charge is 0.505 e. The van der Waals surface area contributed by atoms with E-state index in [1.807, 2.05) is 0 Å². The van der Waals surface area contributed by atoms with E-state index in [4.69, 9.17) is 0 Å². The second kappa shape index (κ2) is 7.65. The van der Waals surface area contributed by atoms with Crippen LogP contribution in [0.15, 0.2) is 0 Å². The third kappa shape index (κ3) is 5.66. The number of ether oxygens (including phenoxy) is 1.